The first-order chi connectivity index (χ1) is 13.1. The smallest absolute Gasteiger partial charge is 0.255 e. The molecule has 1 saturated heterocycles. The van der Waals surface area contributed by atoms with Crippen LogP contribution in [0, 0.1) is 0 Å². The van der Waals surface area contributed by atoms with Gasteiger partial charge in [0.2, 0.25) is 0 Å². The Morgan fingerprint density at radius 2 is 2.00 bits per heavy atom. The number of piperidine rings is 1. The van der Waals surface area contributed by atoms with Crippen molar-refractivity contribution in [2.45, 2.75) is 45.1 Å². The molecule has 1 aliphatic rings. The fraction of sp³-hybridized carbons (Fsp3) is 0.591. The number of para-hydroxylation sites is 1. The lowest BCUT2D eigenvalue weighted by atomic mass is 10.0. The highest BCUT2D eigenvalue weighted by molar-refractivity contribution is 6.07. The summed E-state index contributed by atoms with van der Waals surface area (Å²) in [4.78, 5) is 17.7. The Kier molecular flexibility index (Phi) is 6.91. The topological polar surface area (TPSA) is 48.7 Å². The molecule has 0 aliphatic carbocycles. The SMILES string of the molecule is CCCCc1oc2ccccc2c1C(=O)NCCN1CCC(N(C)C)CC1. The Hall–Kier alpha value is -1.85. The molecule has 3 rings (SSSR count). The molecule has 0 spiro atoms. The second kappa shape index (κ2) is 9.38. The number of nitrogens with zero attached hydrogens (tertiary/aromatic N) is 2. The van der Waals surface area contributed by atoms with E-state index in [1.54, 1.807) is 0 Å². The number of amides is 1. The van der Waals surface area contributed by atoms with Crippen LogP contribution in [-0.4, -0.2) is 62.0 Å². The molecule has 1 aromatic carbocycles. The zero-order valence-electron chi connectivity index (χ0n) is 17.0. The summed E-state index contributed by atoms with van der Waals surface area (Å²) in [6.07, 6.45) is 5.33. The minimum Gasteiger partial charge on any atom is -0.460 e. The molecule has 5 nitrogen and oxygen atoms in total. The number of furan rings is 1. The van der Waals surface area contributed by atoms with Crippen molar-refractivity contribution in [2.24, 2.45) is 0 Å². The van der Waals surface area contributed by atoms with Crippen LogP contribution in [-0.2, 0) is 6.42 Å². The van der Waals surface area contributed by atoms with Crippen LogP contribution < -0.4 is 5.32 Å². The number of unbranched alkanes of at least 4 members (excludes halogenated alkanes) is 1. The lowest BCUT2D eigenvalue weighted by Gasteiger charge is -2.35. The average molecular weight is 372 g/mol. The molecule has 0 radical (unpaired) electrons. The monoisotopic (exact) mass is 371 g/mol. The van der Waals surface area contributed by atoms with Crippen LogP contribution in [0.5, 0.6) is 0 Å². The Morgan fingerprint density at radius 3 is 2.70 bits per heavy atom. The molecule has 1 aromatic heterocycles. The van der Waals surface area contributed by atoms with Crippen LogP contribution in [0.4, 0.5) is 0 Å². The molecule has 1 N–H and O–H groups in total. The normalized spacial score (nSPS) is 16.3. The number of hydrogen-bond acceptors (Lipinski definition) is 4. The van der Waals surface area contributed by atoms with Gasteiger partial charge < -0.3 is 19.5 Å². The fourth-order valence-electron chi connectivity index (χ4n) is 3.93. The lowest BCUT2D eigenvalue weighted by molar-refractivity contribution is 0.0940. The summed E-state index contributed by atoms with van der Waals surface area (Å²) in [7, 11) is 4.32. The zero-order chi connectivity index (χ0) is 19.2. The number of nitrogens with one attached hydrogen (secondary N) is 1. The van der Waals surface area contributed by atoms with Gasteiger partial charge in [-0.2, -0.15) is 0 Å². The molecule has 5 heteroatoms. The summed E-state index contributed by atoms with van der Waals surface area (Å²) in [5, 5.41) is 4.05. The molecule has 0 unspecified atom stereocenters. The van der Waals surface area contributed by atoms with Crippen LogP contribution in [0.15, 0.2) is 28.7 Å². The van der Waals surface area contributed by atoms with E-state index in [-0.39, 0.29) is 5.91 Å². The van der Waals surface area contributed by atoms with Crippen molar-refractivity contribution in [1.82, 2.24) is 15.1 Å². The summed E-state index contributed by atoms with van der Waals surface area (Å²) >= 11 is 0. The molecule has 0 saturated carbocycles. The summed E-state index contributed by atoms with van der Waals surface area (Å²) in [6.45, 7) is 5.95. The first-order valence-electron chi connectivity index (χ1n) is 10.3. The second-order valence-corrected chi connectivity index (χ2v) is 7.79. The molecule has 0 atom stereocenters. The van der Waals surface area contributed by atoms with E-state index in [0.717, 1.165) is 61.2 Å². The highest BCUT2D eigenvalue weighted by Crippen LogP contribution is 2.27. The van der Waals surface area contributed by atoms with Crippen LogP contribution in [0.1, 0.15) is 48.7 Å². The third kappa shape index (κ3) is 4.90. The standard InChI is InChI=1S/C22H33N3O2/c1-4-5-9-20-21(18-8-6-7-10-19(18)27-20)22(26)23-13-16-25-14-11-17(12-15-25)24(2)3/h6-8,10,17H,4-5,9,11-16H2,1-3H3,(H,23,26). The molecular formula is C22H33N3O2. The van der Waals surface area contributed by atoms with Crippen molar-refractivity contribution in [3.63, 3.8) is 0 Å². The maximum atomic E-state index is 12.9. The molecule has 148 valence electrons. The molecule has 2 heterocycles. The van der Waals surface area contributed by atoms with Gasteiger partial charge in [-0.25, -0.2) is 0 Å². The van der Waals surface area contributed by atoms with Gasteiger partial charge in [0.25, 0.3) is 5.91 Å². The summed E-state index contributed by atoms with van der Waals surface area (Å²) < 4.78 is 5.98. The van der Waals surface area contributed by atoms with E-state index in [9.17, 15) is 4.79 Å². The molecule has 1 amide bonds. The van der Waals surface area contributed by atoms with Gasteiger partial charge in [0, 0.05) is 30.9 Å². The van der Waals surface area contributed by atoms with E-state index in [1.807, 2.05) is 24.3 Å². The zero-order valence-corrected chi connectivity index (χ0v) is 17.0. The molecule has 0 bridgehead atoms. The number of carbonyl (C=O) groups excluding carboxylic acids is 1. The van der Waals surface area contributed by atoms with Gasteiger partial charge in [0.15, 0.2) is 0 Å². The van der Waals surface area contributed by atoms with Crippen LogP contribution in [0.2, 0.25) is 0 Å². The minimum absolute atomic E-state index is 0.00534. The number of hydrogen-bond donors (Lipinski definition) is 1. The van der Waals surface area contributed by atoms with Crippen LogP contribution in [0.25, 0.3) is 11.0 Å². The first-order valence-corrected chi connectivity index (χ1v) is 10.3. The van der Waals surface area contributed by atoms with E-state index in [1.165, 1.54) is 12.8 Å². The summed E-state index contributed by atoms with van der Waals surface area (Å²) in [5.74, 6) is 0.816. The Bertz CT molecular complexity index is 745. The third-order valence-corrected chi connectivity index (χ3v) is 5.65. The Labute approximate surface area is 162 Å². The van der Waals surface area contributed by atoms with Gasteiger partial charge >= 0.3 is 0 Å². The summed E-state index contributed by atoms with van der Waals surface area (Å²) in [6, 6.07) is 8.53. The van der Waals surface area contributed by atoms with Crippen molar-refractivity contribution >= 4 is 16.9 Å². The minimum atomic E-state index is -0.00534. The van der Waals surface area contributed by atoms with Gasteiger partial charge in [-0.15, -0.1) is 0 Å². The number of rotatable bonds is 8. The van der Waals surface area contributed by atoms with Gasteiger partial charge in [-0.05, 0) is 52.5 Å². The molecule has 2 aromatic rings. The molecule has 1 aliphatic heterocycles. The van der Waals surface area contributed by atoms with Crippen LogP contribution in [0.3, 0.4) is 0 Å². The first kappa shape index (κ1) is 19.9. The van der Waals surface area contributed by atoms with Gasteiger partial charge in [0.1, 0.15) is 11.3 Å². The highest BCUT2D eigenvalue weighted by atomic mass is 16.3. The maximum Gasteiger partial charge on any atom is 0.255 e. The highest BCUT2D eigenvalue weighted by Gasteiger charge is 2.22. The number of carbonyl (C=O) groups is 1. The number of fused-ring (bicyclic) bond motifs is 1. The predicted octanol–water partition coefficient (Wildman–Crippen LogP) is 3.53. The second-order valence-electron chi connectivity index (χ2n) is 7.79. The van der Waals surface area contributed by atoms with Gasteiger partial charge in [0.05, 0.1) is 5.56 Å². The van der Waals surface area contributed by atoms with Crippen molar-refractivity contribution in [2.75, 3.05) is 40.3 Å². The maximum absolute atomic E-state index is 12.9. The largest absolute Gasteiger partial charge is 0.460 e. The summed E-state index contributed by atoms with van der Waals surface area (Å²) in [5.41, 5.74) is 1.53. The van der Waals surface area contributed by atoms with Crippen molar-refractivity contribution < 1.29 is 9.21 Å². The van der Waals surface area contributed by atoms with E-state index in [2.05, 4.69) is 36.1 Å². The molecule has 1 fully saturated rings. The Balaban J connectivity index is 1.58. The number of likely N-dealkylation sites (tertiary alicyclic amines) is 1. The molecular weight excluding hydrogens is 338 g/mol. The van der Waals surface area contributed by atoms with Gasteiger partial charge in [-0.3, -0.25) is 4.79 Å². The van der Waals surface area contributed by atoms with Crippen molar-refractivity contribution in [3.05, 3.63) is 35.6 Å². The van der Waals surface area contributed by atoms with Crippen molar-refractivity contribution in [3.8, 4) is 0 Å². The average Bonchev–Trinajstić information content (AvgIpc) is 3.05. The molecule has 27 heavy (non-hydrogen) atoms. The Morgan fingerprint density at radius 1 is 1.26 bits per heavy atom. The number of aryl methyl sites for hydroxylation is 1. The van der Waals surface area contributed by atoms with E-state index in [4.69, 9.17) is 4.42 Å². The van der Waals surface area contributed by atoms with E-state index >= 15 is 0 Å². The van der Waals surface area contributed by atoms with Crippen LogP contribution >= 0.6 is 0 Å². The van der Waals surface area contributed by atoms with E-state index < -0.39 is 0 Å². The van der Waals surface area contributed by atoms with Gasteiger partial charge in [-0.1, -0.05) is 31.5 Å². The quantitative estimate of drug-likeness (QED) is 0.771. The fourth-order valence-corrected chi connectivity index (χ4v) is 3.93. The lowest BCUT2D eigenvalue weighted by Crippen LogP contribution is -2.44. The number of benzene rings is 1. The van der Waals surface area contributed by atoms with E-state index in [0.29, 0.717) is 12.6 Å². The van der Waals surface area contributed by atoms with Crippen molar-refractivity contribution in [1.29, 1.82) is 0 Å². The third-order valence-electron chi connectivity index (χ3n) is 5.65. The predicted molar refractivity (Wildman–Crippen MR) is 110 cm³/mol.